The molecule has 0 aliphatic heterocycles. The second-order valence-electron chi connectivity index (χ2n) is 8.82. The molecule has 0 unspecified atom stereocenters. The Morgan fingerprint density at radius 3 is 2.36 bits per heavy atom. The fraction of sp³-hybridized carbons (Fsp3) is 0.379. The molecule has 0 saturated heterocycles. The number of nitrogens with zero attached hydrogens (tertiary/aromatic N) is 3. The highest BCUT2D eigenvalue weighted by Gasteiger charge is 2.22. The van der Waals surface area contributed by atoms with Gasteiger partial charge in [-0.05, 0) is 41.8 Å². The summed E-state index contributed by atoms with van der Waals surface area (Å²) >= 11 is 0. The van der Waals surface area contributed by atoms with Gasteiger partial charge in [0.1, 0.15) is 12.4 Å². The number of carbonyl (C=O) groups excluding carboxylic acids is 2. The lowest BCUT2D eigenvalue weighted by atomic mass is 10.2. The maximum absolute atomic E-state index is 13.6. The second-order valence-corrected chi connectivity index (χ2v) is 8.82. The number of methoxy groups -OCH3 is 2. The van der Waals surface area contributed by atoms with Gasteiger partial charge in [0.15, 0.2) is 0 Å². The summed E-state index contributed by atoms with van der Waals surface area (Å²) < 4.78 is 12.6. The van der Waals surface area contributed by atoms with Gasteiger partial charge in [-0.1, -0.05) is 55.8 Å². The average Bonchev–Trinajstić information content (AvgIpc) is 3.33. The quantitative estimate of drug-likeness (QED) is 0.336. The molecule has 36 heavy (non-hydrogen) atoms. The summed E-state index contributed by atoms with van der Waals surface area (Å²) in [7, 11) is 3.16. The molecule has 0 fully saturated rings. The van der Waals surface area contributed by atoms with E-state index < -0.39 is 0 Å². The summed E-state index contributed by atoms with van der Waals surface area (Å²) in [5.41, 5.74) is 3.18. The number of benzene rings is 2. The summed E-state index contributed by atoms with van der Waals surface area (Å²) in [5, 5.41) is 0. The van der Waals surface area contributed by atoms with Crippen molar-refractivity contribution in [3.63, 3.8) is 0 Å². The van der Waals surface area contributed by atoms with Crippen molar-refractivity contribution in [2.45, 2.75) is 39.4 Å². The van der Waals surface area contributed by atoms with Crippen LogP contribution < -0.4 is 4.74 Å². The first-order valence-corrected chi connectivity index (χ1v) is 12.4. The summed E-state index contributed by atoms with van der Waals surface area (Å²) in [6.07, 6.45) is 3.80. The smallest absolute Gasteiger partial charge is 0.249 e. The van der Waals surface area contributed by atoms with E-state index in [-0.39, 0.29) is 25.0 Å². The zero-order chi connectivity index (χ0) is 25.8. The average molecular weight is 492 g/mol. The normalized spacial score (nSPS) is 10.8. The first-order chi connectivity index (χ1) is 17.5. The van der Waals surface area contributed by atoms with Gasteiger partial charge in [-0.3, -0.25) is 9.59 Å². The summed E-state index contributed by atoms with van der Waals surface area (Å²) in [5.74, 6) is 0.559. The number of unbranched alkanes of at least 4 members (excludes halogenated alkanes) is 1. The molecule has 0 bridgehead atoms. The van der Waals surface area contributed by atoms with Crippen LogP contribution in [0.15, 0.2) is 72.9 Å². The van der Waals surface area contributed by atoms with Gasteiger partial charge in [-0.2, -0.15) is 0 Å². The zero-order valence-corrected chi connectivity index (χ0v) is 21.6. The lowest BCUT2D eigenvalue weighted by Gasteiger charge is -2.28. The summed E-state index contributed by atoms with van der Waals surface area (Å²) in [6.45, 7) is 4.18. The van der Waals surface area contributed by atoms with Crippen molar-refractivity contribution in [2.24, 2.45) is 0 Å². The minimum absolute atomic E-state index is 0.0287. The van der Waals surface area contributed by atoms with E-state index in [1.807, 2.05) is 71.8 Å². The standard InChI is InChI=1S/C29H37N3O4/c1-4-5-16-31(29(34)23-35-2)22-28(33)32(19-24-11-7-6-8-12-24)21-26-14-10-17-30(26)20-25-13-9-15-27(18-25)36-3/h6-15,17-18H,4-5,16,19-23H2,1-3H3. The molecular weight excluding hydrogens is 454 g/mol. The lowest BCUT2D eigenvalue weighted by molar-refractivity contribution is -0.143. The van der Waals surface area contributed by atoms with E-state index >= 15 is 0 Å². The number of rotatable bonds is 14. The minimum Gasteiger partial charge on any atom is -0.497 e. The van der Waals surface area contributed by atoms with Crippen LogP contribution in [0.4, 0.5) is 0 Å². The van der Waals surface area contributed by atoms with Crippen LogP contribution >= 0.6 is 0 Å². The third kappa shape index (κ3) is 7.99. The number of hydrogen-bond acceptors (Lipinski definition) is 4. The van der Waals surface area contributed by atoms with Crippen LogP contribution in [0.1, 0.15) is 36.6 Å². The third-order valence-electron chi connectivity index (χ3n) is 6.06. The molecule has 0 aliphatic rings. The van der Waals surface area contributed by atoms with Crippen molar-refractivity contribution >= 4 is 11.8 Å². The first-order valence-electron chi connectivity index (χ1n) is 12.4. The molecule has 2 amide bonds. The number of aromatic nitrogens is 1. The van der Waals surface area contributed by atoms with Crippen molar-refractivity contribution in [3.8, 4) is 5.75 Å². The van der Waals surface area contributed by atoms with Gasteiger partial charge in [0.25, 0.3) is 0 Å². The summed E-state index contributed by atoms with van der Waals surface area (Å²) in [6, 6.07) is 22.0. The highest BCUT2D eigenvalue weighted by Crippen LogP contribution is 2.17. The Hall–Kier alpha value is -3.58. The molecule has 0 atom stereocenters. The van der Waals surface area contributed by atoms with Gasteiger partial charge in [0.05, 0.1) is 20.2 Å². The highest BCUT2D eigenvalue weighted by atomic mass is 16.5. The van der Waals surface area contributed by atoms with Gasteiger partial charge in [0.2, 0.25) is 11.8 Å². The van der Waals surface area contributed by atoms with Crippen LogP contribution in [0.3, 0.4) is 0 Å². The Morgan fingerprint density at radius 1 is 0.861 bits per heavy atom. The summed E-state index contributed by atoms with van der Waals surface area (Å²) in [4.78, 5) is 29.6. The van der Waals surface area contributed by atoms with Crippen LogP contribution in [0.2, 0.25) is 0 Å². The molecule has 3 aromatic rings. The van der Waals surface area contributed by atoms with Crippen molar-refractivity contribution < 1.29 is 19.1 Å². The molecule has 0 aliphatic carbocycles. The van der Waals surface area contributed by atoms with E-state index in [1.54, 1.807) is 12.0 Å². The Bertz CT molecular complexity index is 1100. The molecule has 0 saturated carbocycles. The van der Waals surface area contributed by atoms with Crippen molar-refractivity contribution in [2.75, 3.05) is 33.9 Å². The fourth-order valence-electron chi connectivity index (χ4n) is 4.07. The maximum atomic E-state index is 13.6. The highest BCUT2D eigenvalue weighted by molar-refractivity contribution is 5.85. The molecule has 7 heteroatoms. The van der Waals surface area contributed by atoms with Gasteiger partial charge >= 0.3 is 0 Å². The van der Waals surface area contributed by atoms with Crippen molar-refractivity contribution in [3.05, 3.63) is 89.7 Å². The minimum atomic E-state index is -0.166. The Kier molecular flexibility index (Phi) is 10.6. The predicted molar refractivity (Wildman–Crippen MR) is 141 cm³/mol. The van der Waals surface area contributed by atoms with Gasteiger partial charge in [0, 0.05) is 38.6 Å². The van der Waals surface area contributed by atoms with E-state index in [2.05, 4.69) is 17.6 Å². The van der Waals surface area contributed by atoms with Gasteiger partial charge < -0.3 is 23.8 Å². The monoisotopic (exact) mass is 491 g/mol. The molecule has 0 N–H and O–H groups in total. The third-order valence-corrected chi connectivity index (χ3v) is 6.06. The fourth-order valence-corrected chi connectivity index (χ4v) is 4.07. The van der Waals surface area contributed by atoms with E-state index in [1.165, 1.54) is 7.11 Å². The molecule has 1 aromatic heterocycles. The molecule has 0 radical (unpaired) electrons. The molecule has 0 spiro atoms. The van der Waals surface area contributed by atoms with E-state index in [9.17, 15) is 9.59 Å². The van der Waals surface area contributed by atoms with Crippen LogP contribution in [0.25, 0.3) is 0 Å². The Morgan fingerprint density at radius 2 is 1.64 bits per heavy atom. The Labute approximate surface area is 214 Å². The van der Waals surface area contributed by atoms with Crippen molar-refractivity contribution in [1.29, 1.82) is 0 Å². The van der Waals surface area contributed by atoms with Crippen LogP contribution in [-0.4, -0.2) is 60.1 Å². The molecule has 192 valence electrons. The van der Waals surface area contributed by atoms with E-state index in [0.717, 1.165) is 35.4 Å². The van der Waals surface area contributed by atoms with Gasteiger partial charge in [-0.25, -0.2) is 0 Å². The van der Waals surface area contributed by atoms with Crippen LogP contribution in [0.5, 0.6) is 5.75 Å². The lowest BCUT2D eigenvalue weighted by Crippen LogP contribution is -2.44. The number of carbonyl (C=O) groups is 2. The second kappa shape index (κ2) is 14.1. The van der Waals surface area contributed by atoms with Crippen LogP contribution in [0, 0.1) is 0 Å². The van der Waals surface area contributed by atoms with E-state index in [0.29, 0.717) is 26.2 Å². The topological polar surface area (TPSA) is 64.0 Å². The molecule has 2 aromatic carbocycles. The predicted octanol–water partition coefficient (Wildman–Crippen LogP) is 4.35. The number of ether oxygens (including phenoxy) is 2. The van der Waals surface area contributed by atoms with Crippen LogP contribution in [-0.2, 0) is 34.0 Å². The first kappa shape index (κ1) is 27.0. The molecular formula is C29H37N3O4. The van der Waals surface area contributed by atoms with Crippen molar-refractivity contribution in [1.82, 2.24) is 14.4 Å². The zero-order valence-electron chi connectivity index (χ0n) is 21.6. The maximum Gasteiger partial charge on any atom is 0.249 e. The Balaban J connectivity index is 1.80. The largest absolute Gasteiger partial charge is 0.497 e. The molecule has 1 heterocycles. The van der Waals surface area contributed by atoms with Gasteiger partial charge in [-0.15, -0.1) is 0 Å². The molecule has 7 nitrogen and oxygen atoms in total. The number of hydrogen-bond donors (Lipinski definition) is 0. The SMILES string of the molecule is CCCCN(CC(=O)N(Cc1ccccc1)Cc1cccn1Cc1cccc(OC)c1)C(=O)COC. The van der Waals surface area contributed by atoms with E-state index in [4.69, 9.17) is 9.47 Å². The molecule has 3 rings (SSSR count). The number of amides is 2.